The molecule has 6 nitrogen and oxygen atoms in total. The molecule has 1 fully saturated rings. The molecule has 1 saturated heterocycles. The lowest BCUT2D eigenvalue weighted by molar-refractivity contribution is -0.137. The van der Waals surface area contributed by atoms with Crippen LogP contribution in [0.25, 0.3) is 11.4 Å². The van der Waals surface area contributed by atoms with Gasteiger partial charge in [-0.15, -0.1) is 0 Å². The summed E-state index contributed by atoms with van der Waals surface area (Å²) in [5.41, 5.74) is 0.981. The van der Waals surface area contributed by atoms with Crippen LogP contribution in [-0.2, 0) is 6.18 Å². The Hall–Kier alpha value is -3.36. The molecule has 0 spiro atoms. The summed E-state index contributed by atoms with van der Waals surface area (Å²) < 4.78 is 44.0. The number of benzene rings is 2. The summed E-state index contributed by atoms with van der Waals surface area (Å²) in [5.74, 6) is 0.179. The van der Waals surface area contributed by atoms with Crippen molar-refractivity contribution in [2.24, 2.45) is 0 Å². The molecule has 0 atom stereocenters. The molecule has 2 aromatic carbocycles. The number of carbonyl (C=O) groups is 1. The van der Waals surface area contributed by atoms with Gasteiger partial charge in [0.1, 0.15) is 0 Å². The molecular formula is C21H19F3N4O2. The average molecular weight is 416 g/mol. The van der Waals surface area contributed by atoms with Crippen LogP contribution in [0, 0.1) is 0 Å². The van der Waals surface area contributed by atoms with Crippen molar-refractivity contribution in [3.05, 3.63) is 65.5 Å². The summed E-state index contributed by atoms with van der Waals surface area (Å²) in [6, 6.07) is 12.1. The Morgan fingerprint density at radius 2 is 1.87 bits per heavy atom. The Kier molecular flexibility index (Phi) is 4.97. The molecule has 0 radical (unpaired) electrons. The third-order valence-corrected chi connectivity index (χ3v) is 5.02. The third kappa shape index (κ3) is 3.87. The average Bonchev–Trinajstić information content (AvgIpc) is 3.16. The van der Waals surface area contributed by atoms with Crippen LogP contribution in [0.3, 0.4) is 0 Å². The van der Waals surface area contributed by atoms with Crippen LogP contribution in [-0.4, -0.2) is 48.1 Å². The van der Waals surface area contributed by atoms with Crippen molar-refractivity contribution in [3.8, 4) is 11.4 Å². The first-order chi connectivity index (χ1) is 14.2. The van der Waals surface area contributed by atoms with Crippen molar-refractivity contribution in [1.82, 2.24) is 15.0 Å². The molecule has 1 amide bonds. The van der Waals surface area contributed by atoms with E-state index in [4.69, 9.17) is 4.52 Å². The van der Waals surface area contributed by atoms with Gasteiger partial charge in [-0.2, -0.15) is 18.2 Å². The van der Waals surface area contributed by atoms with Crippen molar-refractivity contribution in [3.63, 3.8) is 0 Å². The Morgan fingerprint density at radius 1 is 1.13 bits per heavy atom. The number of aromatic nitrogens is 2. The molecule has 0 aliphatic carbocycles. The maximum atomic E-state index is 12.9. The lowest BCUT2D eigenvalue weighted by Gasteiger charge is -2.37. The molecule has 156 valence electrons. The SMILES string of the molecule is CN(C)c1cccc(C(=O)N2CC(c3nc(-c4cccc(C(F)(F)F)c4)no3)C2)c1. The number of carbonyl (C=O) groups excluding carboxylic acids is 1. The lowest BCUT2D eigenvalue weighted by Crippen LogP contribution is -2.48. The Morgan fingerprint density at radius 3 is 2.57 bits per heavy atom. The van der Waals surface area contributed by atoms with Gasteiger partial charge in [0, 0.05) is 44.0 Å². The smallest absolute Gasteiger partial charge is 0.378 e. The van der Waals surface area contributed by atoms with Crippen LogP contribution in [0.5, 0.6) is 0 Å². The van der Waals surface area contributed by atoms with Crippen molar-refractivity contribution >= 4 is 11.6 Å². The number of hydrogen-bond donors (Lipinski definition) is 0. The van der Waals surface area contributed by atoms with E-state index in [1.807, 2.05) is 37.2 Å². The minimum absolute atomic E-state index is 0.0902. The molecular weight excluding hydrogens is 397 g/mol. The summed E-state index contributed by atoms with van der Waals surface area (Å²) in [6.45, 7) is 0.824. The molecule has 0 unspecified atom stereocenters. The molecule has 4 rings (SSSR count). The maximum absolute atomic E-state index is 12.9. The second kappa shape index (κ2) is 7.47. The number of anilines is 1. The summed E-state index contributed by atoms with van der Waals surface area (Å²) >= 11 is 0. The van der Waals surface area contributed by atoms with Crippen LogP contribution in [0.1, 0.15) is 27.7 Å². The van der Waals surface area contributed by atoms with Crippen LogP contribution < -0.4 is 4.90 Å². The first-order valence-electron chi connectivity index (χ1n) is 9.30. The van der Waals surface area contributed by atoms with E-state index in [1.54, 1.807) is 11.0 Å². The van der Waals surface area contributed by atoms with E-state index in [9.17, 15) is 18.0 Å². The molecule has 1 aromatic heterocycles. The van der Waals surface area contributed by atoms with Crippen molar-refractivity contribution in [2.75, 3.05) is 32.1 Å². The van der Waals surface area contributed by atoms with Gasteiger partial charge in [0.15, 0.2) is 0 Å². The van der Waals surface area contributed by atoms with Crippen molar-refractivity contribution in [2.45, 2.75) is 12.1 Å². The number of rotatable bonds is 4. The van der Waals surface area contributed by atoms with Gasteiger partial charge < -0.3 is 14.3 Å². The number of likely N-dealkylation sites (tertiary alicyclic amines) is 1. The van der Waals surface area contributed by atoms with Gasteiger partial charge in [-0.3, -0.25) is 4.79 Å². The van der Waals surface area contributed by atoms with Crippen LogP contribution >= 0.6 is 0 Å². The zero-order valence-corrected chi connectivity index (χ0v) is 16.3. The first kappa shape index (κ1) is 19.9. The highest BCUT2D eigenvalue weighted by atomic mass is 19.4. The molecule has 30 heavy (non-hydrogen) atoms. The van der Waals surface area contributed by atoms with E-state index in [1.165, 1.54) is 12.1 Å². The number of hydrogen-bond acceptors (Lipinski definition) is 5. The standard InChI is InChI=1S/C21H19F3N4O2/c1-27(2)17-8-4-6-14(10-17)20(29)28-11-15(12-28)19-25-18(26-30-19)13-5-3-7-16(9-13)21(22,23)24/h3-10,15H,11-12H2,1-2H3. The maximum Gasteiger partial charge on any atom is 0.416 e. The zero-order valence-electron chi connectivity index (χ0n) is 16.3. The van der Waals surface area contributed by atoms with Crippen LogP contribution in [0.15, 0.2) is 53.1 Å². The third-order valence-electron chi connectivity index (χ3n) is 5.02. The minimum atomic E-state index is -4.44. The van der Waals surface area contributed by atoms with Crippen LogP contribution in [0.4, 0.5) is 18.9 Å². The number of nitrogens with zero attached hydrogens (tertiary/aromatic N) is 4. The van der Waals surface area contributed by atoms with Gasteiger partial charge in [0.2, 0.25) is 11.7 Å². The molecule has 1 aliphatic rings. The van der Waals surface area contributed by atoms with E-state index in [0.29, 0.717) is 24.5 Å². The predicted molar refractivity (Wildman–Crippen MR) is 104 cm³/mol. The normalized spacial score (nSPS) is 14.5. The van der Waals surface area contributed by atoms with Gasteiger partial charge in [0.05, 0.1) is 11.5 Å². The van der Waals surface area contributed by atoms with Gasteiger partial charge in [0.25, 0.3) is 5.91 Å². The van der Waals surface area contributed by atoms with Crippen LogP contribution in [0.2, 0.25) is 0 Å². The lowest BCUT2D eigenvalue weighted by atomic mass is 9.98. The van der Waals surface area contributed by atoms with E-state index < -0.39 is 11.7 Å². The topological polar surface area (TPSA) is 62.5 Å². The number of alkyl halides is 3. The number of amides is 1. The summed E-state index contributed by atoms with van der Waals surface area (Å²) in [7, 11) is 3.81. The fourth-order valence-electron chi connectivity index (χ4n) is 3.25. The zero-order chi connectivity index (χ0) is 21.5. The molecule has 0 N–H and O–H groups in total. The minimum Gasteiger partial charge on any atom is -0.378 e. The Bertz CT molecular complexity index is 1070. The first-order valence-corrected chi connectivity index (χ1v) is 9.30. The molecule has 2 heterocycles. The summed E-state index contributed by atoms with van der Waals surface area (Å²) in [6.07, 6.45) is -4.44. The fourth-order valence-corrected chi connectivity index (χ4v) is 3.25. The summed E-state index contributed by atoms with van der Waals surface area (Å²) in [4.78, 5) is 20.5. The quantitative estimate of drug-likeness (QED) is 0.642. The van der Waals surface area contributed by atoms with Gasteiger partial charge in [-0.05, 0) is 30.3 Å². The largest absolute Gasteiger partial charge is 0.416 e. The van der Waals surface area contributed by atoms with Crippen molar-refractivity contribution < 1.29 is 22.5 Å². The Balaban J connectivity index is 1.43. The molecule has 3 aromatic rings. The second-order valence-electron chi connectivity index (χ2n) is 7.39. The van der Waals surface area contributed by atoms with Gasteiger partial charge in [-0.1, -0.05) is 23.4 Å². The van der Waals surface area contributed by atoms with Gasteiger partial charge in [-0.25, -0.2) is 0 Å². The molecule has 0 saturated carbocycles. The predicted octanol–water partition coefficient (Wildman–Crippen LogP) is 4.06. The molecule has 1 aliphatic heterocycles. The Labute approximate surface area is 170 Å². The highest BCUT2D eigenvalue weighted by Crippen LogP contribution is 2.33. The number of halogens is 3. The molecule has 0 bridgehead atoms. The monoisotopic (exact) mass is 416 g/mol. The summed E-state index contributed by atoms with van der Waals surface area (Å²) in [5, 5.41) is 3.81. The van der Waals surface area contributed by atoms with E-state index in [2.05, 4.69) is 10.1 Å². The highest BCUT2D eigenvalue weighted by Gasteiger charge is 2.36. The second-order valence-corrected chi connectivity index (χ2v) is 7.39. The fraction of sp³-hybridized carbons (Fsp3) is 0.286. The van der Waals surface area contributed by atoms with E-state index >= 15 is 0 Å². The van der Waals surface area contributed by atoms with Gasteiger partial charge >= 0.3 is 6.18 Å². The van der Waals surface area contributed by atoms with Crippen molar-refractivity contribution in [1.29, 1.82) is 0 Å². The van der Waals surface area contributed by atoms with E-state index in [0.717, 1.165) is 17.8 Å². The highest BCUT2D eigenvalue weighted by molar-refractivity contribution is 5.95. The molecule has 9 heteroatoms. The van der Waals surface area contributed by atoms with E-state index in [-0.39, 0.29) is 23.2 Å².